The number of nitrogens with two attached hydrogens (primary N) is 1. The zero-order valence-corrected chi connectivity index (χ0v) is 20.1. The standard InChI is InChI=1S/C25H21ClN8O/c1-32(14-17-7-6-15(10-28-17)4-5-16-11-29-33(2)13-16)25(35)18-8-19-22(9-21(18)26)31-24(27)20-12-30-34(3)23(19)20/h6-13H,14H2,1-3H3,(H2,27,31). The first kappa shape index (κ1) is 22.4. The van der Waals surface area contributed by atoms with E-state index in [0.717, 1.165) is 33.1 Å². The van der Waals surface area contributed by atoms with E-state index in [9.17, 15) is 4.79 Å². The Balaban J connectivity index is 1.38. The van der Waals surface area contributed by atoms with Gasteiger partial charge in [0.1, 0.15) is 5.82 Å². The van der Waals surface area contributed by atoms with E-state index in [1.807, 2.05) is 32.4 Å². The lowest BCUT2D eigenvalue weighted by Gasteiger charge is -2.18. The lowest BCUT2D eigenvalue weighted by atomic mass is 10.1. The molecule has 0 saturated heterocycles. The van der Waals surface area contributed by atoms with Gasteiger partial charge < -0.3 is 10.6 Å². The molecule has 35 heavy (non-hydrogen) atoms. The van der Waals surface area contributed by atoms with Gasteiger partial charge in [-0.05, 0) is 24.3 Å². The van der Waals surface area contributed by atoms with Gasteiger partial charge in [-0.3, -0.25) is 19.1 Å². The van der Waals surface area contributed by atoms with Crippen LogP contribution in [-0.4, -0.2) is 47.4 Å². The first-order chi connectivity index (χ1) is 16.8. The zero-order chi connectivity index (χ0) is 24.7. The number of carbonyl (C=O) groups excluding carboxylic acids is 1. The lowest BCUT2D eigenvalue weighted by molar-refractivity contribution is 0.0783. The smallest absolute Gasteiger partial charge is 0.255 e. The van der Waals surface area contributed by atoms with Gasteiger partial charge in [-0.15, -0.1) is 0 Å². The highest BCUT2D eigenvalue weighted by Gasteiger charge is 2.20. The topological polar surface area (TPSA) is 108 Å². The van der Waals surface area contributed by atoms with Crippen molar-refractivity contribution in [1.29, 1.82) is 0 Å². The molecule has 0 fully saturated rings. The number of amides is 1. The minimum atomic E-state index is -0.230. The Morgan fingerprint density at radius 3 is 2.60 bits per heavy atom. The molecule has 1 aromatic carbocycles. The maximum Gasteiger partial charge on any atom is 0.255 e. The molecule has 0 atom stereocenters. The number of nitrogens with zero attached hydrogens (tertiary/aromatic N) is 7. The Morgan fingerprint density at radius 2 is 1.89 bits per heavy atom. The van der Waals surface area contributed by atoms with E-state index in [2.05, 4.69) is 32.0 Å². The minimum Gasteiger partial charge on any atom is -0.383 e. The van der Waals surface area contributed by atoms with Gasteiger partial charge in [0.15, 0.2) is 0 Å². The molecule has 0 spiro atoms. The number of carbonyl (C=O) groups is 1. The number of anilines is 1. The Hall–Kier alpha value is -4.42. The molecule has 2 N–H and O–H groups in total. The maximum absolute atomic E-state index is 13.3. The average molecular weight is 485 g/mol. The molecule has 1 amide bonds. The molecule has 0 unspecified atom stereocenters. The van der Waals surface area contributed by atoms with Crippen LogP contribution in [0.2, 0.25) is 5.02 Å². The molecule has 5 rings (SSSR count). The van der Waals surface area contributed by atoms with Gasteiger partial charge in [0.05, 0.1) is 57.2 Å². The third-order valence-electron chi connectivity index (χ3n) is 5.65. The van der Waals surface area contributed by atoms with Crippen molar-refractivity contribution in [3.63, 3.8) is 0 Å². The highest BCUT2D eigenvalue weighted by atomic mass is 35.5. The van der Waals surface area contributed by atoms with Crippen molar-refractivity contribution >= 4 is 45.1 Å². The monoisotopic (exact) mass is 484 g/mol. The zero-order valence-electron chi connectivity index (χ0n) is 19.3. The number of fused-ring (bicyclic) bond motifs is 3. The number of halogens is 1. The molecule has 4 heterocycles. The van der Waals surface area contributed by atoms with Crippen LogP contribution >= 0.6 is 11.6 Å². The van der Waals surface area contributed by atoms with Crippen molar-refractivity contribution in [2.24, 2.45) is 14.1 Å². The Morgan fingerprint density at radius 1 is 1.09 bits per heavy atom. The fraction of sp³-hybridized carbons (Fsp3) is 0.160. The quantitative estimate of drug-likeness (QED) is 0.394. The third kappa shape index (κ3) is 4.27. The number of pyridine rings is 2. The van der Waals surface area contributed by atoms with Gasteiger partial charge in [-0.1, -0.05) is 23.4 Å². The maximum atomic E-state index is 13.3. The summed E-state index contributed by atoms with van der Waals surface area (Å²) in [4.78, 5) is 23.7. The summed E-state index contributed by atoms with van der Waals surface area (Å²) >= 11 is 6.48. The van der Waals surface area contributed by atoms with Crippen molar-refractivity contribution in [2.45, 2.75) is 6.54 Å². The van der Waals surface area contributed by atoms with Crippen molar-refractivity contribution in [2.75, 3.05) is 12.8 Å². The van der Waals surface area contributed by atoms with Crippen LogP contribution in [0, 0.1) is 11.8 Å². The van der Waals surface area contributed by atoms with E-state index in [1.165, 1.54) is 0 Å². The molecule has 0 aliphatic carbocycles. The van der Waals surface area contributed by atoms with Crippen molar-refractivity contribution < 1.29 is 4.79 Å². The highest BCUT2D eigenvalue weighted by molar-refractivity contribution is 6.35. The molecular weight excluding hydrogens is 464 g/mol. The van der Waals surface area contributed by atoms with Gasteiger partial charge in [0.25, 0.3) is 5.91 Å². The van der Waals surface area contributed by atoms with Crippen LogP contribution < -0.4 is 5.73 Å². The SMILES string of the molecule is CN(Cc1ccc(C#Cc2cnn(C)c2)cn1)C(=O)c1cc2c(cc1Cl)nc(N)c1cnn(C)c12. The van der Waals surface area contributed by atoms with Crippen molar-refractivity contribution in [3.05, 3.63) is 76.5 Å². The lowest BCUT2D eigenvalue weighted by Crippen LogP contribution is -2.27. The summed E-state index contributed by atoms with van der Waals surface area (Å²) in [6, 6.07) is 7.14. The summed E-state index contributed by atoms with van der Waals surface area (Å²) in [7, 11) is 5.37. The van der Waals surface area contributed by atoms with Crippen LogP contribution in [0.25, 0.3) is 21.8 Å². The second-order valence-electron chi connectivity index (χ2n) is 8.23. The van der Waals surface area contributed by atoms with Crippen molar-refractivity contribution in [1.82, 2.24) is 34.4 Å². The molecule has 10 heteroatoms. The number of rotatable bonds is 3. The second kappa shape index (κ2) is 8.74. The molecule has 0 bridgehead atoms. The first-order valence-electron chi connectivity index (χ1n) is 10.7. The first-order valence-corrected chi connectivity index (χ1v) is 11.1. The largest absolute Gasteiger partial charge is 0.383 e. The van der Waals surface area contributed by atoms with E-state index in [-0.39, 0.29) is 5.91 Å². The van der Waals surface area contributed by atoms with Crippen LogP contribution in [-0.2, 0) is 20.6 Å². The summed E-state index contributed by atoms with van der Waals surface area (Å²) in [5, 5.41) is 10.2. The molecule has 0 radical (unpaired) electrons. The van der Waals surface area contributed by atoms with Crippen LogP contribution in [0.5, 0.6) is 0 Å². The highest BCUT2D eigenvalue weighted by Crippen LogP contribution is 2.31. The van der Waals surface area contributed by atoms with E-state index in [0.29, 0.717) is 28.5 Å². The summed E-state index contributed by atoms with van der Waals surface area (Å²) in [6.45, 7) is 0.310. The molecule has 5 aromatic rings. The third-order valence-corrected chi connectivity index (χ3v) is 5.97. The predicted octanol–water partition coefficient (Wildman–Crippen LogP) is 3.16. The number of aryl methyl sites for hydroxylation is 2. The molecule has 0 aliphatic heterocycles. The van der Waals surface area contributed by atoms with Gasteiger partial charge in [0.2, 0.25) is 0 Å². The van der Waals surface area contributed by atoms with E-state index in [4.69, 9.17) is 17.3 Å². The molecular formula is C25H21ClN8O. The Bertz CT molecular complexity index is 1660. The molecule has 0 saturated carbocycles. The summed E-state index contributed by atoms with van der Waals surface area (Å²) in [5.41, 5.74) is 10.2. The van der Waals surface area contributed by atoms with E-state index >= 15 is 0 Å². The van der Waals surface area contributed by atoms with Gasteiger partial charge in [0, 0.05) is 44.5 Å². The van der Waals surface area contributed by atoms with Gasteiger partial charge in [-0.2, -0.15) is 10.2 Å². The minimum absolute atomic E-state index is 0.230. The number of aromatic nitrogens is 6. The molecule has 4 aromatic heterocycles. The van der Waals surface area contributed by atoms with Gasteiger partial charge in [-0.25, -0.2) is 4.98 Å². The average Bonchev–Trinajstić information content (AvgIpc) is 3.43. The Kier molecular flexibility index (Phi) is 5.59. The van der Waals surface area contributed by atoms with Crippen LogP contribution in [0.15, 0.2) is 49.1 Å². The number of benzene rings is 1. The number of hydrogen-bond donors (Lipinski definition) is 1. The summed E-state index contributed by atoms with van der Waals surface area (Å²) in [6.07, 6.45) is 6.90. The molecule has 0 aliphatic rings. The number of nitrogen functional groups attached to an aromatic ring is 1. The van der Waals surface area contributed by atoms with Crippen molar-refractivity contribution in [3.8, 4) is 11.8 Å². The number of hydrogen-bond acceptors (Lipinski definition) is 6. The summed E-state index contributed by atoms with van der Waals surface area (Å²) < 4.78 is 3.41. The van der Waals surface area contributed by atoms with E-state index in [1.54, 1.807) is 52.0 Å². The normalized spacial score (nSPS) is 11.0. The predicted molar refractivity (Wildman–Crippen MR) is 135 cm³/mol. The van der Waals surface area contributed by atoms with Crippen LogP contribution in [0.3, 0.4) is 0 Å². The van der Waals surface area contributed by atoms with E-state index < -0.39 is 0 Å². The molecule has 9 nitrogen and oxygen atoms in total. The fourth-order valence-corrected chi connectivity index (χ4v) is 4.12. The van der Waals surface area contributed by atoms with Gasteiger partial charge >= 0.3 is 0 Å². The fourth-order valence-electron chi connectivity index (χ4n) is 3.89. The second-order valence-corrected chi connectivity index (χ2v) is 8.64. The Labute approximate surface area is 206 Å². The van der Waals surface area contributed by atoms with Crippen LogP contribution in [0.4, 0.5) is 5.82 Å². The summed E-state index contributed by atoms with van der Waals surface area (Å²) in [5.74, 6) is 6.25. The molecule has 174 valence electrons. The van der Waals surface area contributed by atoms with Crippen LogP contribution in [0.1, 0.15) is 27.2 Å².